The molecule has 0 amide bonds. The highest BCUT2D eigenvalue weighted by molar-refractivity contribution is 5.34. The lowest BCUT2D eigenvalue weighted by Gasteiger charge is -2.26. The molecule has 6 nitrogen and oxygen atoms in total. The molecule has 0 aromatic heterocycles. The Kier molecular flexibility index (Phi) is 12.3. The number of aliphatic hydroxyl groups is 3. The first-order chi connectivity index (χ1) is 19.1. The van der Waals surface area contributed by atoms with Crippen LogP contribution >= 0.6 is 0 Å². The van der Waals surface area contributed by atoms with Crippen LogP contribution in [0, 0.1) is 0 Å². The van der Waals surface area contributed by atoms with Crippen LogP contribution in [0.15, 0.2) is 72.8 Å². The quantitative estimate of drug-likeness (QED) is 0.190. The lowest BCUT2D eigenvalue weighted by Crippen LogP contribution is -2.13. The van der Waals surface area contributed by atoms with Gasteiger partial charge in [0.25, 0.3) is 0 Å². The molecule has 3 N–H and O–H groups in total. The third-order valence-electron chi connectivity index (χ3n) is 7.00. The highest BCUT2D eigenvalue weighted by Gasteiger charge is 2.21. The van der Waals surface area contributed by atoms with Gasteiger partial charge in [0.1, 0.15) is 37.1 Å². The fourth-order valence-corrected chi connectivity index (χ4v) is 4.77. The van der Waals surface area contributed by atoms with Crippen molar-refractivity contribution in [2.24, 2.45) is 0 Å². The molecule has 0 aliphatic heterocycles. The van der Waals surface area contributed by atoms with E-state index >= 15 is 0 Å². The second-order valence-electron chi connectivity index (χ2n) is 11.2. The molecule has 0 radical (unpaired) electrons. The van der Waals surface area contributed by atoms with E-state index in [1.165, 1.54) is 16.7 Å². The summed E-state index contributed by atoms with van der Waals surface area (Å²) in [4.78, 5) is 0. The number of aliphatic hydroxyl groups excluding tert-OH is 3. The summed E-state index contributed by atoms with van der Waals surface area (Å²) in [6, 6.07) is 24.6. The molecule has 0 spiro atoms. The number of hydrogen-bond donors (Lipinski definition) is 3. The van der Waals surface area contributed by atoms with E-state index in [0.717, 1.165) is 30.1 Å². The van der Waals surface area contributed by atoms with Crippen molar-refractivity contribution in [1.82, 2.24) is 0 Å². The first-order valence-corrected chi connectivity index (χ1v) is 14.3. The van der Waals surface area contributed by atoms with Crippen molar-refractivity contribution in [2.75, 3.05) is 19.8 Å². The number of rotatable bonds is 16. The van der Waals surface area contributed by atoms with Gasteiger partial charge in [-0.2, -0.15) is 0 Å². The van der Waals surface area contributed by atoms with Gasteiger partial charge in [0.2, 0.25) is 0 Å². The van der Waals surface area contributed by atoms with E-state index in [1.807, 2.05) is 36.4 Å². The third-order valence-corrected chi connectivity index (χ3v) is 7.00. The maximum Gasteiger partial charge on any atom is 0.119 e. The number of hydrogen-bond acceptors (Lipinski definition) is 6. The fourth-order valence-electron chi connectivity index (χ4n) is 4.77. The van der Waals surface area contributed by atoms with Gasteiger partial charge in [-0.15, -0.1) is 0 Å². The van der Waals surface area contributed by atoms with Crippen LogP contribution in [0.2, 0.25) is 0 Å². The standard InChI is InChI=1S/C34H46O6/c1-23(28-6-12-32(13-7-28)38-20-25(3)35)18-31(30-10-16-34(17-11-30)40-22-27(5)37)19-24(2)29-8-14-33(15-9-29)39-21-26(4)36/h6-17,23-27,31,35-37H,18-22H2,1-5H3. The summed E-state index contributed by atoms with van der Waals surface area (Å²) >= 11 is 0. The first-order valence-electron chi connectivity index (χ1n) is 14.3. The van der Waals surface area contributed by atoms with Gasteiger partial charge in [-0.1, -0.05) is 50.2 Å². The second kappa shape index (κ2) is 15.7. The summed E-state index contributed by atoms with van der Waals surface area (Å²) in [5, 5.41) is 28.5. The minimum absolute atomic E-state index is 0.269. The predicted octanol–water partition coefficient (Wildman–Crippen LogP) is 6.44. The van der Waals surface area contributed by atoms with Gasteiger partial charge in [-0.05, 0) is 104 Å². The van der Waals surface area contributed by atoms with Crippen molar-refractivity contribution in [3.63, 3.8) is 0 Å². The van der Waals surface area contributed by atoms with E-state index in [2.05, 4.69) is 50.2 Å². The van der Waals surface area contributed by atoms with E-state index in [1.54, 1.807) is 20.8 Å². The van der Waals surface area contributed by atoms with Crippen LogP contribution < -0.4 is 14.2 Å². The normalized spacial score (nSPS) is 15.9. The van der Waals surface area contributed by atoms with Gasteiger partial charge in [0, 0.05) is 0 Å². The molecule has 0 bridgehead atoms. The van der Waals surface area contributed by atoms with Gasteiger partial charge >= 0.3 is 0 Å². The van der Waals surface area contributed by atoms with Crippen LogP contribution in [-0.2, 0) is 0 Å². The van der Waals surface area contributed by atoms with Crippen molar-refractivity contribution in [3.8, 4) is 17.2 Å². The maximum absolute atomic E-state index is 9.55. The highest BCUT2D eigenvalue weighted by Crippen LogP contribution is 2.38. The van der Waals surface area contributed by atoms with Crippen molar-refractivity contribution in [3.05, 3.63) is 89.5 Å². The Hall–Kier alpha value is -3.06. The molecular weight excluding hydrogens is 504 g/mol. The van der Waals surface area contributed by atoms with Gasteiger partial charge in [0.15, 0.2) is 0 Å². The van der Waals surface area contributed by atoms with Crippen LogP contribution in [-0.4, -0.2) is 53.5 Å². The van der Waals surface area contributed by atoms with Gasteiger partial charge < -0.3 is 29.5 Å². The lowest BCUT2D eigenvalue weighted by molar-refractivity contribution is 0.122. The summed E-state index contributed by atoms with van der Waals surface area (Å²) < 4.78 is 17.0. The monoisotopic (exact) mass is 550 g/mol. The van der Waals surface area contributed by atoms with E-state index in [9.17, 15) is 15.3 Å². The van der Waals surface area contributed by atoms with Crippen LogP contribution in [0.5, 0.6) is 17.2 Å². The Morgan fingerprint density at radius 2 is 0.725 bits per heavy atom. The average Bonchev–Trinajstić information content (AvgIpc) is 2.94. The van der Waals surface area contributed by atoms with Crippen molar-refractivity contribution in [1.29, 1.82) is 0 Å². The molecular formula is C34H46O6. The zero-order valence-corrected chi connectivity index (χ0v) is 24.5. The molecule has 0 heterocycles. The first kappa shape index (κ1) is 31.5. The van der Waals surface area contributed by atoms with Gasteiger partial charge in [-0.3, -0.25) is 0 Å². The van der Waals surface area contributed by atoms with Crippen LogP contribution in [0.4, 0.5) is 0 Å². The molecule has 3 aromatic rings. The topological polar surface area (TPSA) is 88.4 Å². The number of benzene rings is 3. The maximum atomic E-state index is 9.55. The molecule has 3 rings (SSSR count). The van der Waals surface area contributed by atoms with Crippen molar-refractivity contribution < 1.29 is 29.5 Å². The molecule has 3 aromatic carbocycles. The van der Waals surface area contributed by atoms with Crippen molar-refractivity contribution >= 4 is 0 Å². The molecule has 0 fully saturated rings. The van der Waals surface area contributed by atoms with E-state index in [0.29, 0.717) is 17.8 Å². The predicted molar refractivity (Wildman–Crippen MR) is 160 cm³/mol. The summed E-state index contributed by atoms with van der Waals surface area (Å²) in [6.45, 7) is 10.5. The SMILES string of the molecule is CC(O)COc1ccc(C(C)CC(CC(C)c2ccc(OCC(C)O)cc2)c2ccc(OCC(C)O)cc2)cc1. The van der Waals surface area contributed by atoms with E-state index in [-0.39, 0.29) is 19.8 Å². The smallest absolute Gasteiger partial charge is 0.119 e. The molecule has 0 aliphatic carbocycles. The molecule has 5 unspecified atom stereocenters. The third kappa shape index (κ3) is 10.5. The van der Waals surface area contributed by atoms with E-state index in [4.69, 9.17) is 14.2 Å². The largest absolute Gasteiger partial charge is 0.491 e. The van der Waals surface area contributed by atoms with Gasteiger partial charge in [-0.25, -0.2) is 0 Å². The van der Waals surface area contributed by atoms with Gasteiger partial charge in [0.05, 0.1) is 18.3 Å². The van der Waals surface area contributed by atoms with Crippen LogP contribution in [0.1, 0.15) is 81.9 Å². The summed E-state index contributed by atoms with van der Waals surface area (Å²) in [7, 11) is 0. The molecule has 6 heteroatoms. The Labute approximate surface area is 239 Å². The minimum atomic E-state index is -0.512. The number of ether oxygens (including phenoxy) is 3. The Morgan fingerprint density at radius 3 is 1.00 bits per heavy atom. The van der Waals surface area contributed by atoms with Crippen LogP contribution in [0.3, 0.4) is 0 Å². The Balaban J connectivity index is 1.74. The zero-order chi connectivity index (χ0) is 29.1. The Morgan fingerprint density at radius 1 is 0.450 bits per heavy atom. The second-order valence-corrected chi connectivity index (χ2v) is 11.2. The van der Waals surface area contributed by atoms with E-state index < -0.39 is 18.3 Å². The van der Waals surface area contributed by atoms with Crippen LogP contribution in [0.25, 0.3) is 0 Å². The molecule has 40 heavy (non-hydrogen) atoms. The molecule has 218 valence electrons. The fraction of sp³-hybridized carbons (Fsp3) is 0.471. The highest BCUT2D eigenvalue weighted by atomic mass is 16.5. The zero-order valence-electron chi connectivity index (χ0n) is 24.5. The Bertz CT molecular complexity index is 1040. The molecule has 0 saturated heterocycles. The average molecular weight is 551 g/mol. The molecule has 5 atom stereocenters. The van der Waals surface area contributed by atoms with Crippen molar-refractivity contribution in [2.45, 2.75) is 83.5 Å². The summed E-state index contributed by atoms with van der Waals surface area (Å²) in [5.74, 6) is 3.24. The molecule has 0 saturated carbocycles. The lowest BCUT2D eigenvalue weighted by atomic mass is 9.79. The molecule has 0 aliphatic rings. The summed E-state index contributed by atoms with van der Waals surface area (Å²) in [5.41, 5.74) is 3.76. The minimum Gasteiger partial charge on any atom is -0.491 e. The summed E-state index contributed by atoms with van der Waals surface area (Å²) in [6.07, 6.45) is 0.432.